The second-order valence-corrected chi connectivity index (χ2v) is 10.4. The number of amides is 1. The van der Waals surface area contributed by atoms with Crippen LogP contribution in [0.4, 0.5) is 5.69 Å². The predicted octanol–water partition coefficient (Wildman–Crippen LogP) is 3.35. The molecule has 1 saturated heterocycles. The third kappa shape index (κ3) is 6.31. The molecule has 0 aliphatic carbocycles. The number of hydrogen-bond donors (Lipinski definition) is 1. The Hall–Kier alpha value is -2.38. The summed E-state index contributed by atoms with van der Waals surface area (Å²) in [5, 5.41) is 2.94. The molecule has 1 N–H and O–H groups in total. The zero-order valence-electron chi connectivity index (χ0n) is 18.7. The van der Waals surface area contributed by atoms with Crippen LogP contribution in [0.2, 0.25) is 0 Å². The first kappa shape index (κ1) is 23.3. The van der Waals surface area contributed by atoms with Crippen molar-refractivity contribution in [3.8, 4) is 0 Å². The van der Waals surface area contributed by atoms with Gasteiger partial charge in [0.25, 0.3) is 10.0 Å². The van der Waals surface area contributed by atoms with Crippen LogP contribution >= 0.6 is 0 Å². The lowest BCUT2D eigenvalue weighted by atomic mass is 9.94. The van der Waals surface area contributed by atoms with Crippen molar-refractivity contribution < 1.29 is 13.2 Å². The Balaban J connectivity index is 1.73. The van der Waals surface area contributed by atoms with Crippen molar-refractivity contribution in [3.63, 3.8) is 0 Å². The molecule has 6 nitrogen and oxygen atoms in total. The average molecular weight is 444 g/mol. The topological polar surface area (TPSA) is 69.7 Å². The lowest BCUT2D eigenvalue weighted by Gasteiger charge is -2.29. The molecule has 31 heavy (non-hydrogen) atoms. The molecular weight excluding hydrogens is 410 g/mol. The fraction of sp³-hybridized carbons (Fsp3) is 0.458. The molecule has 0 unspecified atom stereocenters. The van der Waals surface area contributed by atoms with Gasteiger partial charge in [0.15, 0.2) is 0 Å². The number of likely N-dealkylation sites (tertiary alicyclic amines) is 1. The Bertz CT molecular complexity index is 964. The minimum Gasteiger partial charge on any atom is -0.355 e. The minimum absolute atomic E-state index is 0.174. The number of nitrogens with zero attached hydrogens (tertiary/aromatic N) is 2. The van der Waals surface area contributed by atoms with Gasteiger partial charge in [-0.15, -0.1) is 0 Å². The third-order valence-electron chi connectivity index (χ3n) is 5.83. The number of nitrogens with one attached hydrogen (secondary N) is 1. The third-order valence-corrected chi connectivity index (χ3v) is 7.61. The number of sulfonamides is 1. The van der Waals surface area contributed by atoms with Crippen molar-refractivity contribution in [2.24, 2.45) is 5.92 Å². The molecule has 7 heteroatoms. The number of carbonyl (C=O) groups excluding carboxylic acids is 1. The number of piperidine rings is 1. The molecule has 2 aromatic rings. The van der Waals surface area contributed by atoms with Crippen molar-refractivity contribution >= 4 is 21.6 Å². The van der Waals surface area contributed by atoms with Gasteiger partial charge in [-0.05, 0) is 94.6 Å². The Morgan fingerprint density at radius 1 is 1.06 bits per heavy atom. The average Bonchev–Trinajstić information content (AvgIpc) is 2.73. The van der Waals surface area contributed by atoms with Gasteiger partial charge in [0.2, 0.25) is 5.91 Å². The van der Waals surface area contributed by atoms with Gasteiger partial charge in [0, 0.05) is 6.54 Å². The van der Waals surface area contributed by atoms with E-state index in [2.05, 4.69) is 17.3 Å². The molecule has 0 atom stereocenters. The minimum atomic E-state index is -3.87. The summed E-state index contributed by atoms with van der Waals surface area (Å²) in [5.41, 5.74) is 2.41. The SMILES string of the molecule is Cc1cc(C)cc(N(CC(=O)NCCC2CCN(C)CC2)S(=O)(=O)c2ccccc2)c1. The predicted molar refractivity (Wildman–Crippen MR) is 125 cm³/mol. The van der Waals surface area contributed by atoms with Crippen LogP contribution in [0.5, 0.6) is 0 Å². The van der Waals surface area contributed by atoms with Gasteiger partial charge in [-0.1, -0.05) is 24.3 Å². The zero-order chi connectivity index (χ0) is 22.4. The molecule has 0 spiro atoms. The van der Waals surface area contributed by atoms with Gasteiger partial charge < -0.3 is 10.2 Å². The molecule has 1 aliphatic rings. The highest BCUT2D eigenvalue weighted by atomic mass is 32.2. The Kier molecular flexibility index (Phi) is 7.73. The summed E-state index contributed by atoms with van der Waals surface area (Å²) in [5.74, 6) is 0.326. The van der Waals surface area contributed by atoms with E-state index in [0.29, 0.717) is 18.2 Å². The second-order valence-electron chi connectivity index (χ2n) is 8.56. The first-order valence-corrected chi connectivity index (χ1v) is 12.3. The highest BCUT2D eigenvalue weighted by molar-refractivity contribution is 7.92. The highest BCUT2D eigenvalue weighted by Crippen LogP contribution is 2.26. The molecule has 168 valence electrons. The van der Waals surface area contributed by atoms with Crippen LogP contribution in [-0.4, -0.2) is 52.5 Å². The highest BCUT2D eigenvalue weighted by Gasteiger charge is 2.27. The number of hydrogen-bond acceptors (Lipinski definition) is 4. The smallest absolute Gasteiger partial charge is 0.264 e. The van der Waals surface area contributed by atoms with E-state index >= 15 is 0 Å². The van der Waals surface area contributed by atoms with E-state index in [4.69, 9.17) is 0 Å². The maximum Gasteiger partial charge on any atom is 0.264 e. The Morgan fingerprint density at radius 3 is 2.29 bits per heavy atom. The summed E-state index contributed by atoms with van der Waals surface area (Å²) >= 11 is 0. The quantitative estimate of drug-likeness (QED) is 0.679. The summed E-state index contributed by atoms with van der Waals surface area (Å²) in [6.07, 6.45) is 3.21. The van der Waals surface area contributed by atoms with Gasteiger partial charge in [-0.3, -0.25) is 9.10 Å². The van der Waals surface area contributed by atoms with E-state index in [1.54, 1.807) is 42.5 Å². The van der Waals surface area contributed by atoms with Crippen LogP contribution in [0.15, 0.2) is 53.4 Å². The lowest BCUT2D eigenvalue weighted by molar-refractivity contribution is -0.119. The van der Waals surface area contributed by atoms with Crippen molar-refractivity contribution in [3.05, 3.63) is 59.7 Å². The molecule has 1 aliphatic heterocycles. The summed E-state index contributed by atoms with van der Waals surface area (Å²) < 4.78 is 28.0. The molecule has 0 saturated carbocycles. The summed E-state index contributed by atoms with van der Waals surface area (Å²) in [6.45, 7) is 6.35. The fourth-order valence-electron chi connectivity index (χ4n) is 4.08. The fourth-order valence-corrected chi connectivity index (χ4v) is 5.51. The maximum atomic E-state index is 13.4. The van der Waals surface area contributed by atoms with Crippen LogP contribution < -0.4 is 9.62 Å². The molecule has 2 aromatic carbocycles. The molecule has 3 rings (SSSR count). The molecule has 0 bridgehead atoms. The molecule has 0 aromatic heterocycles. The molecule has 1 heterocycles. The monoisotopic (exact) mass is 443 g/mol. The van der Waals surface area contributed by atoms with Gasteiger partial charge >= 0.3 is 0 Å². The van der Waals surface area contributed by atoms with Crippen LogP contribution in [-0.2, 0) is 14.8 Å². The molecular formula is C24H33N3O3S. The van der Waals surface area contributed by atoms with Gasteiger partial charge in [-0.2, -0.15) is 0 Å². The second kappa shape index (κ2) is 10.3. The van der Waals surface area contributed by atoms with Crippen molar-refractivity contribution in [1.29, 1.82) is 0 Å². The molecule has 1 amide bonds. The first-order chi connectivity index (χ1) is 14.8. The first-order valence-electron chi connectivity index (χ1n) is 10.9. The number of rotatable bonds is 8. The van der Waals surface area contributed by atoms with Crippen LogP contribution in [0.25, 0.3) is 0 Å². The van der Waals surface area contributed by atoms with Gasteiger partial charge in [-0.25, -0.2) is 8.42 Å². The normalized spacial score (nSPS) is 15.6. The zero-order valence-corrected chi connectivity index (χ0v) is 19.5. The maximum absolute atomic E-state index is 13.4. The van der Waals surface area contributed by atoms with Crippen molar-refractivity contribution in [1.82, 2.24) is 10.2 Å². The summed E-state index contributed by atoms with van der Waals surface area (Å²) in [4.78, 5) is 15.2. The van der Waals surface area contributed by atoms with Gasteiger partial charge in [0.1, 0.15) is 6.54 Å². The lowest BCUT2D eigenvalue weighted by Crippen LogP contribution is -2.41. The summed E-state index contributed by atoms with van der Waals surface area (Å²) in [7, 11) is -1.74. The standard InChI is InChI=1S/C24H33N3O3S/c1-19-15-20(2)17-22(16-19)27(31(29,30)23-7-5-4-6-8-23)18-24(28)25-12-9-21-10-13-26(3)14-11-21/h4-8,15-17,21H,9-14,18H2,1-3H3,(H,25,28). The number of anilines is 1. The Morgan fingerprint density at radius 2 is 1.68 bits per heavy atom. The van der Waals surface area contributed by atoms with Crippen molar-refractivity contribution in [2.75, 3.05) is 37.5 Å². The number of carbonyl (C=O) groups is 1. The van der Waals surface area contributed by atoms with Gasteiger partial charge in [0.05, 0.1) is 10.6 Å². The summed E-state index contributed by atoms with van der Waals surface area (Å²) in [6, 6.07) is 13.9. The van der Waals surface area contributed by atoms with E-state index in [1.165, 1.54) is 4.31 Å². The Labute approximate surface area is 186 Å². The van der Waals surface area contributed by atoms with E-state index in [9.17, 15) is 13.2 Å². The van der Waals surface area contributed by atoms with Crippen molar-refractivity contribution in [2.45, 2.75) is 38.0 Å². The van der Waals surface area contributed by atoms with E-state index in [-0.39, 0.29) is 17.3 Å². The van der Waals surface area contributed by atoms with Crippen LogP contribution in [0.3, 0.4) is 0 Å². The largest absolute Gasteiger partial charge is 0.355 e. The number of benzene rings is 2. The van der Waals surface area contributed by atoms with Crippen LogP contribution in [0.1, 0.15) is 30.4 Å². The molecule has 0 radical (unpaired) electrons. The van der Waals surface area contributed by atoms with Crippen LogP contribution in [0, 0.1) is 19.8 Å². The number of aryl methyl sites for hydroxylation is 2. The molecule has 1 fully saturated rings. The van der Waals surface area contributed by atoms with E-state index in [1.807, 2.05) is 19.9 Å². The van der Waals surface area contributed by atoms with E-state index in [0.717, 1.165) is 43.5 Å². The van der Waals surface area contributed by atoms with E-state index < -0.39 is 10.0 Å².